The summed E-state index contributed by atoms with van der Waals surface area (Å²) in [6.45, 7) is 2.98. The van der Waals surface area contributed by atoms with Crippen molar-refractivity contribution in [2.45, 2.75) is 19.6 Å². The fourth-order valence-corrected chi connectivity index (χ4v) is 2.83. The first-order valence-electron chi connectivity index (χ1n) is 4.98. The molecule has 1 atom stereocenters. The normalized spacial score (nSPS) is 14.7. The summed E-state index contributed by atoms with van der Waals surface area (Å²) in [6.07, 6.45) is 0. The molecule has 0 radical (unpaired) electrons. The molecular formula is C12H13NO2S. The lowest BCUT2D eigenvalue weighted by Gasteiger charge is -2.23. The number of carbonyl (C=O) groups excluding carboxylic acids is 1. The van der Waals surface area contributed by atoms with Crippen molar-refractivity contribution in [1.29, 1.82) is 0 Å². The van der Waals surface area contributed by atoms with Crippen LogP contribution in [0.2, 0.25) is 0 Å². The van der Waals surface area contributed by atoms with E-state index in [9.17, 15) is 9.90 Å². The zero-order valence-corrected chi connectivity index (χ0v) is 9.97. The molecule has 16 heavy (non-hydrogen) atoms. The zero-order chi connectivity index (χ0) is 11.8. The third-order valence-corrected chi connectivity index (χ3v) is 3.39. The van der Waals surface area contributed by atoms with Gasteiger partial charge in [-0.05, 0) is 18.4 Å². The summed E-state index contributed by atoms with van der Waals surface area (Å²) in [5.41, 5.74) is -0.575. The Kier molecular flexibility index (Phi) is 2.69. The number of fused-ring (bicyclic) bond motifs is 1. The molecule has 1 heterocycles. The molecule has 84 valence electrons. The van der Waals surface area contributed by atoms with Crippen molar-refractivity contribution < 1.29 is 9.90 Å². The maximum Gasteiger partial charge on any atom is 0.219 e. The SMILES string of the molecule is CC(=O)NC(C)(O)c1csc2ccccc12. The number of hydrogen-bond donors (Lipinski definition) is 2. The van der Waals surface area contributed by atoms with Crippen molar-refractivity contribution in [2.24, 2.45) is 0 Å². The van der Waals surface area contributed by atoms with Gasteiger partial charge in [0.2, 0.25) is 5.91 Å². The van der Waals surface area contributed by atoms with Crippen LogP contribution in [0.5, 0.6) is 0 Å². The van der Waals surface area contributed by atoms with Gasteiger partial charge in [-0.15, -0.1) is 11.3 Å². The Morgan fingerprint density at radius 2 is 2.12 bits per heavy atom. The van der Waals surface area contributed by atoms with E-state index in [2.05, 4.69) is 5.32 Å². The van der Waals surface area contributed by atoms with Gasteiger partial charge in [0.15, 0.2) is 5.72 Å². The molecule has 1 amide bonds. The second kappa shape index (κ2) is 3.88. The Morgan fingerprint density at radius 1 is 1.44 bits per heavy atom. The highest BCUT2D eigenvalue weighted by molar-refractivity contribution is 7.17. The van der Waals surface area contributed by atoms with Gasteiger partial charge in [-0.3, -0.25) is 4.79 Å². The van der Waals surface area contributed by atoms with Crippen molar-refractivity contribution in [2.75, 3.05) is 0 Å². The number of nitrogens with one attached hydrogen (secondary N) is 1. The van der Waals surface area contributed by atoms with Gasteiger partial charge >= 0.3 is 0 Å². The van der Waals surface area contributed by atoms with Crippen LogP contribution < -0.4 is 5.32 Å². The quantitative estimate of drug-likeness (QED) is 0.784. The van der Waals surface area contributed by atoms with E-state index in [4.69, 9.17) is 0 Å². The molecule has 1 unspecified atom stereocenters. The molecule has 0 aliphatic rings. The molecule has 0 bridgehead atoms. The molecule has 0 saturated heterocycles. The van der Waals surface area contributed by atoms with Gasteiger partial charge in [0.25, 0.3) is 0 Å². The third-order valence-electron chi connectivity index (χ3n) is 2.42. The topological polar surface area (TPSA) is 49.3 Å². The predicted molar refractivity (Wildman–Crippen MR) is 65.2 cm³/mol. The van der Waals surface area contributed by atoms with Crippen LogP contribution >= 0.6 is 11.3 Å². The molecule has 0 spiro atoms. The number of aliphatic hydroxyl groups is 1. The number of rotatable bonds is 2. The lowest BCUT2D eigenvalue weighted by Crippen LogP contribution is -2.41. The highest BCUT2D eigenvalue weighted by Gasteiger charge is 2.26. The Morgan fingerprint density at radius 3 is 2.81 bits per heavy atom. The molecule has 3 nitrogen and oxygen atoms in total. The van der Waals surface area contributed by atoms with Crippen molar-refractivity contribution in [1.82, 2.24) is 5.32 Å². The molecule has 1 aromatic heterocycles. The number of benzene rings is 1. The van der Waals surface area contributed by atoms with Crippen LogP contribution in [0, 0.1) is 0 Å². The fourth-order valence-electron chi connectivity index (χ4n) is 1.76. The number of thiophene rings is 1. The first kappa shape index (κ1) is 11.1. The Balaban J connectivity index is 2.50. The average Bonchev–Trinajstić information content (AvgIpc) is 2.59. The lowest BCUT2D eigenvalue weighted by molar-refractivity contribution is -0.126. The van der Waals surface area contributed by atoms with Crippen LogP contribution in [0.25, 0.3) is 10.1 Å². The second-order valence-corrected chi connectivity index (χ2v) is 4.81. The van der Waals surface area contributed by atoms with Gasteiger partial charge < -0.3 is 10.4 Å². The van der Waals surface area contributed by atoms with Crippen molar-refractivity contribution in [3.8, 4) is 0 Å². The van der Waals surface area contributed by atoms with Crippen LogP contribution in [0.1, 0.15) is 19.4 Å². The van der Waals surface area contributed by atoms with Crippen molar-refractivity contribution in [3.63, 3.8) is 0 Å². The van der Waals surface area contributed by atoms with Crippen LogP contribution in [0.15, 0.2) is 29.6 Å². The Bertz CT molecular complexity index is 531. The molecular weight excluding hydrogens is 222 g/mol. The Hall–Kier alpha value is -1.39. The number of carbonyl (C=O) groups is 1. The van der Waals surface area contributed by atoms with Gasteiger partial charge in [0.05, 0.1) is 0 Å². The van der Waals surface area contributed by atoms with E-state index in [1.165, 1.54) is 6.92 Å². The van der Waals surface area contributed by atoms with E-state index in [1.807, 2.05) is 29.6 Å². The standard InChI is InChI=1S/C12H13NO2S/c1-8(14)13-12(2,15)10-7-16-11-6-4-3-5-9(10)11/h3-7,15H,1-2H3,(H,13,14). The van der Waals surface area contributed by atoms with E-state index < -0.39 is 5.72 Å². The highest BCUT2D eigenvalue weighted by Crippen LogP contribution is 2.31. The van der Waals surface area contributed by atoms with Crippen LogP contribution in [-0.2, 0) is 10.5 Å². The molecule has 2 N–H and O–H groups in total. The van der Waals surface area contributed by atoms with Gasteiger partial charge in [0.1, 0.15) is 0 Å². The molecule has 4 heteroatoms. The summed E-state index contributed by atoms with van der Waals surface area (Å²) in [4.78, 5) is 11.0. The molecule has 1 aromatic carbocycles. The minimum atomic E-state index is -1.31. The smallest absolute Gasteiger partial charge is 0.219 e. The second-order valence-electron chi connectivity index (χ2n) is 3.90. The summed E-state index contributed by atoms with van der Waals surface area (Å²) >= 11 is 1.56. The van der Waals surface area contributed by atoms with Gasteiger partial charge in [0, 0.05) is 22.6 Å². The van der Waals surface area contributed by atoms with Crippen molar-refractivity contribution >= 4 is 27.3 Å². The zero-order valence-electron chi connectivity index (χ0n) is 9.15. The van der Waals surface area contributed by atoms with Crippen LogP contribution in [-0.4, -0.2) is 11.0 Å². The fraction of sp³-hybridized carbons (Fsp3) is 0.250. The average molecular weight is 235 g/mol. The van der Waals surface area contributed by atoms with E-state index in [0.717, 1.165) is 15.6 Å². The largest absolute Gasteiger partial charge is 0.367 e. The van der Waals surface area contributed by atoms with E-state index in [0.29, 0.717) is 0 Å². The lowest BCUT2D eigenvalue weighted by atomic mass is 10.0. The number of hydrogen-bond acceptors (Lipinski definition) is 3. The molecule has 0 aliphatic heterocycles. The summed E-state index contributed by atoms with van der Waals surface area (Å²) < 4.78 is 1.10. The highest BCUT2D eigenvalue weighted by atomic mass is 32.1. The van der Waals surface area contributed by atoms with E-state index >= 15 is 0 Å². The maximum absolute atomic E-state index is 11.0. The first-order chi connectivity index (χ1) is 7.50. The summed E-state index contributed by atoms with van der Waals surface area (Å²) in [7, 11) is 0. The van der Waals surface area contributed by atoms with Gasteiger partial charge in [-0.25, -0.2) is 0 Å². The predicted octanol–water partition coefficient (Wildman–Crippen LogP) is 2.20. The number of amides is 1. The Labute approximate surface area is 97.7 Å². The molecule has 2 aromatic rings. The summed E-state index contributed by atoms with van der Waals surface area (Å²) in [5.74, 6) is -0.250. The monoisotopic (exact) mass is 235 g/mol. The minimum Gasteiger partial charge on any atom is -0.367 e. The van der Waals surface area contributed by atoms with Gasteiger partial charge in [-0.2, -0.15) is 0 Å². The molecule has 0 saturated carbocycles. The minimum absolute atomic E-state index is 0.250. The van der Waals surface area contributed by atoms with Gasteiger partial charge in [-0.1, -0.05) is 18.2 Å². The van der Waals surface area contributed by atoms with Crippen LogP contribution in [0.4, 0.5) is 0 Å². The molecule has 0 fully saturated rings. The van der Waals surface area contributed by atoms with E-state index in [-0.39, 0.29) is 5.91 Å². The maximum atomic E-state index is 11.0. The third kappa shape index (κ3) is 1.94. The summed E-state index contributed by atoms with van der Waals surface area (Å²) in [6, 6.07) is 7.81. The molecule has 0 aliphatic carbocycles. The molecule has 2 rings (SSSR count). The first-order valence-corrected chi connectivity index (χ1v) is 5.86. The van der Waals surface area contributed by atoms with Crippen molar-refractivity contribution in [3.05, 3.63) is 35.2 Å². The van der Waals surface area contributed by atoms with E-state index in [1.54, 1.807) is 18.3 Å². The summed E-state index contributed by atoms with van der Waals surface area (Å²) in [5, 5.41) is 15.6. The van der Waals surface area contributed by atoms with Crippen LogP contribution in [0.3, 0.4) is 0 Å².